The normalized spacial score (nSPS) is 23.3. The highest BCUT2D eigenvalue weighted by atomic mass is 16.2. The fourth-order valence-electron chi connectivity index (χ4n) is 4.64. The number of carbonyl (C=O) groups excluding carboxylic acids is 2. The van der Waals surface area contributed by atoms with E-state index < -0.39 is 0 Å². The molecule has 2 aliphatic heterocycles. The summed E-state index contributed by atoms with van der Waals surface area (Å²) >= 11 is 0. The fraction of sp³-hybridized carbons (Fsp3) is 0.762. The molecule has 6 heteroatoms. The standard InChI is InChI=1S/C21H34N4O2/c1-4-6-12-24-15-21(11-9-19(24)26)10-7-13-25(16-21)20(27)18-14-17(8-5-2)22-23(18)3/h14H,4-13,15-16H2,1-3H3/t21-/m0/s1. The molecule has 0 radical (unpaired) electrons. The van der Waals surface area contributed by atoms with Crippen LogP contribution in [0, 0.1) is 5.41 Å². The molecular weight excluding hydrogens is 340 g/mol. The molecule has 2 amide bonds. The SMILES string of the molecule is CCCCN1C[C@]2(CCCN(C(=O)c3cc(CCC)nn3C)C2)CCC1=O. The number of piperidine rings is 2. The van der Waals surface area contributed by atoms with Gasteiger partial charge < -0.3 is 9.80 Å². The van der Waals surface area contributed by atoms with Crippen LogP contribution in [0.3, 0.4) is 0 Å². The van der Waals surface area contributed by atoms with Gasteiger partial charge in [0, 0.05) is 45.1 Å². The van der Waals surface area contributed by atoms with E-state index in [-0.39, 0.29) is 17.2 Å². The van der Waals surface area contributed by atoms with Crippen LogP contribution in [0.2, 0.25) is 0 Å². The molecule has 27 heavy (non-hydrogen) atoms. The minimum atomic E-state index is 0.0698. The van der Waals surface area contributed by atoms with Crippen molar-refractivity contribution in [2.75, 3.05) is 26.2 Å². The molecule has 6 nitrogen and oxygen atoms in total. The minimum Gasteiger partial charge on any atom is -0.342 e. The van der Waals surface area contributed by atoms with Crippen molar-refractivity contribution in [1.29, 1.82) is 0 Å². The predicted molar refractivity (Wildman–Crippen MR) is 105 cm³/mol. The molecule has 3 heterocycles. The molecule has 0 unspecified atom stereocenters. The zero-order valence-corrected chi connectivity index (χ0v) is 17.2. The number of amides is 2. The first kappa shape index (κ1) is 19.9. The van der Waals surface area contributed by atoms with Crippen molar-refractivity contribution < 1.29 is 9.59 Å². The highest BCUT2D eigenvalue weighted by molar-refractivity contribution is 5.92. The Kier molecular flexibility index (Phi) is 6.22. The number of likely N-dealkylation sites (tertiary alicyclic amines) is 2. The Bertz CT molecular complexity index is 684. The highest BCUT2D eigenvalue weighted by Gasteiger charge is 2.42. The third-order valence-corrected chi connectivity index (χ3v) is 6.13. The summed E-state index contributed by atoms with van der Waals surface area (Å²) in [5.41, 5.74) is 1.75. The van der Waals surface area contributed by atoms with E-state index in [9.17, 15) is 9.59 Å². The highest BCUT2D eigenvalue weighted by Crippen LogP contribution is 2.39. The summed E-state index contributed by atoms with van der Waals surface area (Å²) in [7, 11) is 1.86. The lowest BCUT2D eigenvalue weighted by Crippen LogP contribution is -2.55. The van der Waals surface area contributed by atoms with Crippen molar-refractivity contribution in [2.45, 2.75) is 65.2 Å². The van der Waals surface area contributed by atoms with E-state index in [2.05, 4.69) is 18.9 Å². The van der Waals surface area contributed by atoms with Gasteiger partial charge >= 0.3 is 0 Å². The number of aromatic nitrogens is 2. The predicted octanol–water partition coefficient (Wildman–Crippen LogP) is 3.02. The molecule has 150 valence electrons. The molecule has 0 bridgehead atoms. The molecule has 1 spiro atoms. The van der Waals surface area contributed by atoms with E-state index in [0.717, 1.165) is 76.8 Å². The number of unbranched alkanes of at least 4 members (excludes halogenated alkanes) is 1. The van der Waals surface area contributed by atoms with Crippen LogP contribution in [0.5, 0.6) is 0 Å². The summed E-state index contributed by atoms with van der Waals surface area (Å²) < 4.78 is 1.73. The maximum Gasteiger partial charge on any atom is 0.272 e. The number of carbonyl (C=O) groups is 2. The first-order valence-electron chi connectivity index (χ1n) is 10.6. The van der Waals surface area contributed by atoms with Gasteiger partial charge in [-0.05, 0) is 38.2 Å². The van der Waals surface area contributed by atoms with Crippen LogP contribution in [0.25, 0.3) is 0 Å². The maximum atomic E-state index is 13.2. The molecule has 2 saturated heterocycles. The summed E-state index contributed by atoms with van der Waals surface area (Å²) in [5, 5.41) is 4.49. The number of hydrogen-bond donors (Lipinski definition) is 0. The molecule has 3 rings (SSSR count). The number of nitrogens with zero attached hydrogens (tertiary/aromatic N) is 4. The average Bonchev–Trinajstić information content (AvgIpc) is 3.03. The molecule has 1 aromatic heterocycles. The van der Waals surface area contributed by atoms with Gasteiger partial charge in [-0.3, -0.25) is 14.3 Å². The molecule has 0 aromatic carbocycles. The summed E-state index contributed by atoms with van der Waals surface area (Å²) in [4.78, 5) is 29.5. The lowest BCUT2D eigenvalue weighted by Gasteiger charge is -2.48. The molecule has 1 aromatic rings. The van der Waals surface area contributed by atoms with Crippen molar-refractivity contribution in [3.05, 3.63) is 17.5 Å². The van der Waals surface area contributed by atoms with E-state index in [0.29, 0.717) is 12.1 Å². The van der Waals surface area contributed by atoms with Gasteiger partial charge in [0.25, 0.3) is 5.91 Å². The van der Waals surface area contributed by atoms with E-state index in [1.54, 1.807) is 4.68 Å². The van der Waals surface area contributed by atoms with Crippen LogP contribution < -0.4 is 0 Å². The Morgan fingerprint density at radius 2 is 2.04 bits per heavy atom. The number of hydrogen-bond acceptors (Lipinski definition) is 3. The average molecular weight is 375 g/mol. The lowest BCUT2D eigenvalue weighted by molar-refractivity contribution is -0.139. The Morgan fingerprint density at radius 3 is 2.78 bits per heavy atom. The number of rotatable bonds is 6. The van der Waals surface area contributed by atoms with Crippen molar-refractivity contribution in [1.82, 2.24) is 19.6 Å². The van der Waals surface area contributed by atoms with Gasteiger partial charge in [-0.25, -0.2) is 0 Å². The summed E-state index contributed by atoms with van der Waals surface area (Å²) in [6, 6.07) is 1.95. The van der Waals surface area contributed by atoms with E-state index in [1.165, 1.54) is 0 Å². The Hall–Kier alpha value is -1.85. The first-order chi connectivity index (χ1) is 13.0. The Labute approximate surface area is 162 Å². The smallest absolute Gasteiger partial charge is 0.272 e. The zero-order valence-electron chi connectivity index (χ0n) is 17.2. The van der Waals surface area contributed by atoms with Crippen LogP contribution in [0.4, 0.5) is 0 Å². The van der Waals surface area contributed by atoms with Crippen LogP contribution in [-0.4, -0.2) is 57.6 Å². The van der Waals surface area contributed by atoms with Crippen LogP contribution in [0.15, 0.2) is 6.07 Å². The summed E-state index contributed by atoms with van der Waals surface area (Å²) in [6.07, 6.45) is 7.74. The van der Waals surface area contributed by atoms with Gasteiger partial charge in [0.1, 0.15) is 5.69 Å². The van der Waals surface area contributed by atoms with Gasteiger partial charge in [-0.2, -0.15) is 5.10 Å². The molecule has 0 aliphatic carbocycles. The molecule has 0 saturated carbocycles. The minimum absolute atomic E-state index is 0.0698. The zero-order chi connectivity index (χ0) is 19.4. The summed E-state index contributed by atoms with van der Waals surface area (Å²) in [6.45, 7) is 7.51. The van der Waals surface area contributed by atoms with Crippen molar-refractivity contribution in [3.8, 4) is 0 Å². The first-order valence-corrected chi connectivity index (χ1v) is 10.6. The molecule has 1 atom stereocenters. The quantitative estimate of drug-likeness (QED) is 0.769. The largest absolute Gasteiger partial charge is 0.342 e. The number of aryl methyl sites for hydroxylation is 2. The monoisotopic (exact) mass is 374 g/mol. The van der Waals surface area contributed by atoms with Crippen LogP contribution in [-0.2, 0) is 18.3 Å². The van der Waals surface area contributed by atoms with Gasteiger partial charge in [-0.1, -0.05) is 26.7 Å². The van der Waals surface area contributed by atoms with Gasteiger partial charge in [0.05, 0.1) is 5.69 Å². The van der Waals surface area contributed by atoms with Crippen LogP contribution in [0.1, 0.15) is 75.0 Å². The third-order valence-electron chi connectivity index (χ3n) is 6.13. The second kappa shape index (κ2) is 8.44. The maximum absolute atomic E-state index is 13.2. The molecule has 2 fully saturated rings. The van der Waals surface area contributed by atoms with Crippen molar-refractivity contribution >= 4 is 11.8 Å². The fourth-order valence-corrected chi connectivity index (χ4v) is 4.64. The van der Waals surface area contributed by atoms with Gasteiger partial charge in [0.2, 0.25) is 5.91 Å². The van der Waals surface area contributed by atoms with Gasteiger partial charge in [-0.15, -0.1) is 0 Å². The third kappa shape index (κ3) is 4.36. The second-order valence-electron chi connectivity index (χ2n) is 8.39. The Balaban J connectivity index is 1.71. The van der Waals surface area contributed by atoms with Crippen LogP contribution >= 0.6 is 0 Å². The van der Waals surface area contributed by atoms with Crippen molar-refractivity contribution in [2.24, 2.45) is 12.5 Å². The van der Waals surface area contributed by atoms with Crippen molar-refractivity contribution in [3.63, 3.8) is 0 Å². The van der Waals surface area contributed by atoms with E-state index in [4.69, 9.17) is 0 Å². The molecule has 0 N–H and O–H groups in total. The lowest BCUT2D eigenvalue weighted by atomic mass is 9.73. The topological polar surface area (TPSA) is 58.4 Å². The molecule has 2 aliphatic rings. The molecular formula is C21H34N4O2. The summed E-state index contributed by atoms with van der Waals surface area (Å²) in [5.74, 6) is 0.372. The van der Waals surface area contributed by atoms with Gasteiger partial charge in [0.15, 0.2) is 0 Å². The Morgan fingerprint density at radius 1 is 1.22 bits per heavy atom. The second-order valence-corrected chi connectivity index (χ2v) is 8.39. The van der Waals surface area contributed by atoms with E-state index >= 15 is 0 Å². The van der Waals surface area contributed by atoms with E-state index in [1.807, 2.05) is 22.9 Å².